The van der Waals surface area contributed by atoms with Crippen LogP contribution in [0.25, 0.3) is 11.3 Å². The lowest BCUT2D eigenvalue weighted by atomic mass is 9.86. The van der Waals surface area contributed by atoms with Crippen molar-refractivity contribution in [2.24, 2.45) is 5.92 Å². The Hall–Kier alpha value is -2.62. The first-order valence-electron chi connectivity index (χ1n) is 9.42. The van der Waals surface area contributed by atoms with Crippen LogP contribution in [-0.4, -0.2) is 21.0 Å². The van der Waals surface area contributed by atoms with Crippen LogP contribution in [0.1, 0.15) is 31.7 Å². The number of rotatable bonds is 5. The first-order valence-corrected chi connectivity index (χ1v) is 9.42. The minimum Gasteiger partial charge on any atom is -0.382 e. The Bertz CT molecular complexity index is 840. The summed E-state index contributed by atoms with van der Waals surface area (Å²) >= 11 is 0. The number of nitrogens with zero attached hydrogens (tertiary/aromatic N) is 3. The summed E-state index contributed by atoms with van der Waals surface area (Å²) in [4.78, 5) is 0. The number of anilines is 1. The van der Waals surface area contributed by atoms with Gasteiger partial charge >= 0.3 is 0 Å². The molecule has 1 heterocycles. The van der Waals surface area contributed by atoms with Crippen LogP contribution in [0.3, 0.4) is 0 Å². The lowest BCUT2D eigenvalue weighted by Crippen LogP contribution is -2.30. The van der Waals surface area contributed by atoms with Crippen molar-refractivity contribution >= 4 is 5.69 Å². The molecular weight excluding hydrogens is 320 g/mol. The van der Waals surface area contributed by atoms with Crippen molar-refractivity contribution in [2.75, 3.05) is 5.32 Å². The third-order valence-electron chi connectivity index (χ3n) is 5.13. The predicted octanol–water partition coefficient (Wildman–Crippen LogP) is 4.80. The molecule has 133 valence electrons. The molecule has 3 aromatic rings. The topological polar surface area (TPSA) is 42.7 Å². The fourth-order valence-corrected chi connectivity index (χ4v) is 3.61. The van der Waals surface area contributed by atoms with Crippen LogP contribution in [0.15, 0.2) is 60.8 Å². The van der Waals surface area contributed by atoms with E-state index >= 15 is 0 Å². The highest BCUT2D eigenvalue weighted by atomic mass is 15.4. The van der Waals surface area contributed by atoms with E-state index < -0.39 is 0 Å². The van der Waals surface area contributed by atoms with Crippen molar-refractivity contribution in [2.45, 2.75) is 38.8 Å². The maximum absolute atomic E-state index is 4.36. The van der Waals surface area contributed by atoms with E-state index in [0.717, 1.165) is 23.5 Å². The summed E-state index contributed by atoms with van der Waals surface area (Å²) in [5.74, 6) is 0.610. The SMILES string of the molecule is CC1[CH]CCCC1Nc1cccc(-c2cn(Cc3ccccc3)nn2)c1. The number of aromatic nitrogens is 3. The molecule has 26 heavy (non-hydrogen) atoms. The second-order valence-corrected chi connectivity index (χ2v) is 7.14. The fourth-order valence-electron chi connectivity index (χ4n) is 3.61. The van der Waals surface area contributed by atoms with Crippen molar-refractivity contribution in [3.05, 3.63) is 72.8 Å². The molecule has 2 aromatic carbocycles. The van der Waals surface area contributed by atoms with Crippen molar-refractivity contribution in [1.29, 1.82) is 0 Å². The first-order chi connectivity index (χ1) is 12.8. The summed E-state index contributed by atoms with van der Waals surface area (Å²) in [5.41, 5.74) is 4.39. The van der Waals surface area contributed by atoms with E-state index in [4.69, 9.17) is 0 Å². The van der Waals surface area contributed by atoms with Crippen molar-refractivity contribution in [3.63, 3.8) is 0 Å². The molecule has 1 saturated carbocycles. The van der Waals surface area contributed by atoms with Gasteiger partial charge in [-0.2, -0.15) is 0 Å². The van der Waals surface area contributed by atoms with E-state index in [1.807, 2.05) is 29.1 Å². The summed E-state index contributed by atoms with van der Waals surface area (Å²) in [6, 6.07) is 19.4. The van der Waals surface area contributed by atoms with Gasteiger partial charge in [0.05, 0.1) is 12.7 Å². The van der Waals surface area contributed by atoms with Crippen LogP contribution in [0.4, 0.5) is 5.69 Å². The molecule has 0 bridgehead atoms. The molecule has 4 rings (SSSR count). The van der Waals surface area contributed by atoms with Crippen molar-refractivity contribution < 1.29 is 0 Å². The zero-order chi connectivity index (χ0) is 17.8. The van der Waals surface area contributed by atoms with Gasteiger partial charge in [-0.3, -0.25) is 0 Å². The maximum atomic E-state index is 4.36. The molecule has 1 aliphatic rings. The Kier molecular flexibility index (Phi) is 5.00. The normalized spacial score (nSPS) is 20.0. The van der Waals surface area contributed by atoms with E-state index in [1.54, 1.807) is 0 Å². The zero-order valence-electron chi connectivity index (χ0n) is 15.2. The van der Waals surface area contributed by atoms with Gasteiger partial charge in [-0.1, -0.05) is 61.0 Å². The Balaban J connectivity index is 1.48. The highest BCUT2D eigenvalue weighted by Crippen LogP contribution is 2.27. The number of nitrogens with one attached hydrogen (secondary N) is 1. The quantitative estimate of drug-likeness (QED) is 0.722. The largest absolute Gasteiger partial charge is 0.382 e. The fraction of sp³-hybridized carbons (Fsp3) is 0.318. The summed E-state index contributed by atoms with van der Waals surface area (Å²) in [5, 5.41) is 12.4. The average molecular weight is 345 g/mol. The molecule has 1 radical (unpaired) electrons. The van der Waals surface area contributed by atoms with Gasteiger partial charge in [-0.15, -0.1) is 5.10 Å². The van der Waals surface area contributed by atoms with E-state index in [0.29, 0.717) is 12.0 Å². The highest BCUT2D eigenvalue weighted by molar-refractivity contribution is 5.64. The van der Waals surface area contributed by atoms with Gasteiger partial charge in [0, 0.05) is 17.3 Å². The van der Waals surface area contributed by atoms with Crippen molar-refractivity contribution in [1.82, 2.24) is 15.0 Å². The molecule has 1 N–H and O–H groups in total. The van der Waals surface area contributed by atoms with Gasteiger partial charge in [0.15, 0.2) is 0 Å². The number of hydrogen-bond acceptors (Lipinski definition) is 3. The van der Waals surface area contributed by atoms with Crippen LogP contribution in [0.2, 0.25) is 0 Å². The molecule has 2 atom stereocenters. The van der Waals surface area contributed by atoms with Gasteiger partial charge < -0.3 is 5.32 Å². The Morgan fingerprint density at radius 2 is 2.00 bits per heavy atom. The summed E-state index contributed by atoms with van der Waals surface area (Å²) in [7, 11) is 0. The standard InChI is InChI=1S/C22H25N4/c1-17-8-5-6-13-21(17)23-20-12-7-11-19(14-20)22-16-26(25-24-22)15-18-9-3-2-4-10-18/h2-4,7-12,14,16-17,21,23H,5-6,13,15H2,1H3. The minimum absolute atomic E-state index is 0.521. The number of benzene rings is 2. The third kappa shape index (κ3) is 3.96. The summed E-state index contributed by atoms with van der Waals surface area (Å²) < 4.78 is 1.89. The Morgan fingerprint density at radius 1 is 1.12 bits per heavy atom. The van der Waals surface area contributed by atoms with Gasteiger partial charge in [-0.25, -0.2) is 4.68 Å². The van der Waals surface area contributed by atoms with Gasteiger partial charge in [-0.05, 0) is 42.9 Å². The molecular formula is C22H25N4. The Labute approximate surface area is 155 Å². The lowest BCUT2D eigenvalue weighted by molar-refractivity contribution is 0.429. The van der Waals surface area contributed by atoms with Gasteiger partial charge in [0.1, 0.15) is 5.69 Å². The van der Waals surface area contributed by atoms with Gasteiger partial charge in [0.25, 0.3) is 0 Å². The van der Waals surface area contributed by atoms with Crippen LogP contribution in [0.5, 0.6) is 0 Å². The molecule has 1 aromatic heterocycles. The minimum atomic E-state index is 0.521. The first kappa shape index (κ1) is 16.8. The van der Waals surface area contributed by atoms with Crippen LogP contribution >= 0.6 is 0 Å². The van der Waals surface area contributed by atoms with E-state index in [-0.39, 0.29) is 0 Å². The average Bonchev–Trinajstić information content (AvgIpc) is 3.13. The Morgan fingerprint density at radius 3 is 2.85 bits per heavy atom. The third-order valence-corrected chi connectivity index (χ3v) is 5.13. The highest BCUT2D eigenvalue weighted by Gasteiger charge is 2.21. The van der Waals surface area contributed by atoms with Crippen LogP contribution < -0.4 is 5.32 Å². The van der Waals surface area contributed by atoms with Crippen LogP contribution in [0, 0.1) is 12.3 Å². The smallest absolute Gasteiger partial charge is 0.113 e. The molecule has 0 spiro atoms. The summed E-state index contributed by atoms with van der Waals surface area (Å²) in [6.07, 6.45) is 8.19. The molecule has 4 nitrogen and oxygen atoms in total. The maximum Gasteiger partial charge on any atom is 0.113 e. The molecule has 0 aliphatic heterocycles. The van der Waals surface area contributed by atoms with E-state index in [9.17, 15) is 0 Å². The molecule has 0 saturated heterocycles. The van der Waals surface area contributed by atoms with Crippen molar-refractivity contribution in [3.8, 4) is 11.3 Å². The molecule has 1 fully saturated rings. The van der Waals surface area contributed by atoms with E-state index in [1.165, 1.54) is 24.8 Å². The second-order valence-electron chi connectivity index (χ2n) is 7.14. The molecule has 4 heteroatoms. The van der Waals surface area contributed by atoms with E-state index in [2.05, 4.69) is 65.4 Å². The van der Waals surface area contributed by atoms with Crippen LogP contribution in [-0.2, 0) is 6.54 Å². The molecule has 1 aliphatic carbocycles. The zero-order valence-corrected chi connectivity index (χ0v) is 15.2. The summed E-state index contributed by atoms with van der Waals surface area (Å²) in [6.45, 7) is 3.04. The molecule has 2 unspecified atom stereocenters. The predicted molar refractivity (Wildman–Crippen MR) is 106 cm³/mol. The monoisotopic (exact) mass is 345 g/mol. The number of hydrogen-bond donors (Lipinski definition) is 1. The second kappa shape index (κ2) is 7.73. The van der Waals surface area contributed by atoms with Gasteiger partial charge in [0.2, 0.25) is 0 Å². The lowest BCUT2D eigenvalue weighted by Gasteiger charge is -2.30. The molecule has 0 amide bonds.